The summed E-state index contributed by atoms with van der Waals surface area (Å²) in [6.45, 7) is -0.132. The molecule has 0 saturated carbocycles. The minimum absolute atomic E-state index is 0.0299. The van der Waals surface area contributed by atoms with Gasteiger partial charge in [-0.2, -0.15) is 5.26 Å². The third kappa shape index (κ3) is 3.52. The van der Waals surface area contributed by atoms with Gasteiger partial charge in [0.25, 0.3) is 11.8 Å². The van der Waals surface area contributed by atoms with Gasteiger partial charge in [-0.1, -0.05) is 12.1 Å². The number of benzene rings is 1. The number of hydrogen-bond donors (Lipinski definition) is 0. The molecule has 22 heavy (non-hydrogen) atoms. The number of imide groups is 1. The van der Waals surface area contributed by atoms with Crippen LogP contribution in [0.4, 0.5) is 0 Å². The first-order chi connectivity index (χ1) is 10.5. The fourth-order valence-corrected chi connectivity index (χ4v) is 3.61. The van der Waals surface area contributed by atoms with Crippen LogP contribution in [0.25, 0.3) is 0 Å². The molecular weight excluding hydrogens is 304 g/mol. The van der Waals surface area contributed by atoms with E-state index in [2.05, 4.69) is 0 Å². The summed E-state index contributed by atoms with van der Waals surface area (Å²) in [4.78, 5) is 25.2. The van der Waals surface area contributed by atoms with Crippen LogP contribution < -0.4 is 0 Å². The third-order valence-corrected chi connectivity index (χ3v) is 5.21. The van der Waals surface area contributed by atoms with Gasteiger partial charge in [-0.3, -0.25) is 14.5 Å². The van der Waals surface area contributed by atoms with Crippen molar-refractivity contribution >= 4 is 21.7 Å². The van der Waals surface area contributed by atoms with Crippen molar-refractivity contribution in [2.24, 2.45) is 0 Å². The number of rotatable bonds is 7. The molecule has 7 heteroatoms. The first-order valence-corrected chi connectivity index (χ1v) is 8.81. The summed E-state index contributed by atoms with van der Waals surface area (Å²) >= 11 is 0. The predicted molar refractivity (Wildman–Crippen MR) is 79.9 cm³/mol. The first-order valence-electron chi connectivity index (χ1n) is 6.99. The Hall–Kier alpha value is -2.20. The predicted octanol–water partition coefficient (Wildman–Crippen LogP) is 1.39. The molecule has 6 nitrogen and oxygen atoms in total. The lowest BCUT2D eigenvalue weighted by molar-refractivity contribution is 0.0664. The van der Waals surface area contributed by atoms with Gasteiger partial charge >= 0.3 is 0 Å². The van der Waals surface area contributed by atoms with Crippen LogP contribution >= 0.6 is 0 Å². The fraction of sp³-hybridized carbons (Fsp3) is 0.400. The van der Waals surface area contributed by atoms with Gasteiger partial charge in [0.05, 0.1) is 28.7 Å². The average Bonchev–Trinajstić information content (AvgIpc) is 2.74. The highest BCUT2D eigenvalue weighted by atomic mass is 32.2. The number of carbonyl (C=O) groups is 2. The van der Waals surface area contributed by atoms with Crippen molar-refractivity contribution in [3.63, 3.8) is 0 Å². The van der Waals surface area contributed by atoms with Crippen molar-refractivity contribution in [2.75, 3.05) is 18.1 Å². The molecule has 0 radical (unpaired) electrons. The second-order valence-electron chi connectivity index (χ2n) is 5.07. The highest BCUT2D eigenvalue weighted by Gasteiger charge is 2.35. The largest absolute Gasteiger partial charge is 0.273 e. The van der Waals surface area contributed by atoms with Crippen molar-refractivity contribution in [2.45, 2.75) is 19.3 Å². The summed E-state index contributed by atoms with van der Waals surface area (Å²) < 4.78 is 23.8. The zero-order valence-electron chi connectivity index (χ0n) is 12.0. The van der Waals surface area contributed by atoms with Crippen LogP contribution in [-0.4, -0.2) is 43.2 Å². The van der Waals surface area contributed by atoms with Crippen molar-refractivity contribution in [3.05, 3.63) is 35.4 Å². The highest BCUT2D eigenvalue weighted by molar-refractivity contribution is 7.91. The Bertz CT molecular complexity index is 699. The number of unbranched alkanes of at least 4 members (excludes halogenated alkanes) is 2. The van der Waals surface area contributed by atoms with Gasteiger partial charge in [0, 0.05) is 13.0 Å². The minimum atomic E-state index is -3.34. The molecule has 1 aliphatic heterocycles. The molecule has 0 saturated heterocycles. The van der Waals surface area contributed by atoms with E-state index < -0.39 is 21.7 Å². The van der Waals surface area contributed by atoms with Gasteiger partial charge in [0.1, 0.15) is 0 Å². The van der Waals surface area contributed by atoms with E-state index in [4.69, 9.17) is 5.26 Å². The first kappa shape index (κ1) is 16.2. The average molecular weight is 320 g/mol. The van der Waals surface area contributed by atoms with Gasteiger partial charge < -0.3 is 0 Å². The van der Waals surface area contributed by atoms with E-state index in [0.29, 0.717) is 30.4 Å². The minimum Gasteiger partial charge on any atom is -0.273 e. The molecule has 0 atom stereocenters. The molecule has 0 spiro atoms. The SMILES string of the molecule is N#CCCCCS(=O)(=O)CCN1C(=O)c2ccccc2C1=O. The quantitative estimate of drug-likeness (QED) is 0.559. The maximum Gasteiger partial charge on any atom is 0.261 e. The topological polar surface area (TPSA) is 95.3 Å². The van der Waals surface area contributed by atoms with Crippen LogP contribution in [0, 0.1) is 11.3 Å². The van der Waals surface area contributed by atoms with E-state index in [9.17, 15) is 18.0 Å². The van der Waals surface area contributed by atoms with Crippen molar-refractivity contribution in [1.82, 2.24) is 4.90 Å². The highest BCUT2D eigenvalue weighted by Crippen LogP contribution is 2.22. The van der Waals surface area contributed by atoms with E-state index in [0.717, 1.165) is 4.90 Å². The summed E-state index contributed by atoms with van der Waals surface area (Å²) in [5.74, 6) is -1.16. The van der Waals surface area contributed by atoms with Gasteiger partial charge in [-0.25, -0.2) is 8.42 Å². The van der Waals surface area contributed by atoms with Crippen LogP contribution in [0.5, 0.6) is 0 Å². The monoisotopic (exact) mass is 320 g/mol. The zero-order valence-corrected chi connectivity index (χ0v) is 12.8. The number of nitriles is 1. The Balaban J connectivity index is 1.94. The Morgan fingerprint density at radius 3 is 2.14 bits per heavy atom. The second kappa shape index (κ2) is 6.71. The van der Waals surface area contributed by atoms with Crippen LogP contribution in [0.15, 0.2) is 24.3 Å². The fourth-order valence-electron chi connectivity index (χ4n) is 2.30. The number of fused-ring (bicyclic) bond motifs is 1. The summed E-state index contributed by atoms with van der Waals surface area (Å²) in [5, 5.41) is 8.41. The second-order valence-corrected chi connectivity index (χ2v) is 7.38. The maximum absolute atomic E-state index is 12.1. The Morgan fingerprint density at radius 2 is 1.59 bits per heavy atom. The zero-order chi connectivity index (χ0) is 16.2. The number of sulfone groups is 1. The molecule has 0 bridgehead atoms. The third-order valence-electron chi connectivity index (χ3n) is 3.50. The van der Waals surface area contributed by atoms with Crippen molar-refractivity contribution in [1.29, 1.82) is 5.26 Å². The summed E-state index contributed by atoms with van der Waals surface area (Å²) in [7, 11) is -3.34. The lowest BCUT2D eigenvalue weighted by Crippen LogP contribution is -2.34. The van der Waals surface area contributed by atoms with E-state index >= 15 is 0 Å². The van der Waals surface area contributed by atoms with Gasteiger partial charge in [0.2, 0.25) is 0 Å². The summed E-state index contributed by atoms with van der Waals surface area (Å²) in [6, 6.07) is 8.42. The van der Waals surface area contributed by atoms with Gasteiger partial charge in [-0.05, 0) is 25.0 Å². The molecule has 0 aliphatic carbocycles. The molecule has 2 amide bonds. The Kier molecular flexibility index (Phi) is 4.93. The molecule has 1 aliphatic rings. The number of carbonyl (C=O) groups excluding carboxylic acids is 2. The Labute approximate surface area is 129 Å². The van der Waals surface area contributed by atoms with Gasteiger partial charge in [-0.15, -0.1) is 0 Å². The number of hydrogen-bond acceptors (Lipinski definition) is 5. The molecule has 0 fully saturated rings. The molecule has 1 aromatic rings. The standard InChI is InChI=1S/C15H16N2O4S/c16-8-4-1-5-10-22(20,21)11-9-17-14(18)12-6-2-3-7-13(12)15(17)19/h2-3,6-7H,1,4-5,9-11H2. The van der Waals surface area contributed by atoms with E-state index in [-0.39, 0.29) is 18.1 Å². The Morgan fingerprint density at radius 1 is 1.00 bits per heavy atom. The molecular formula is C15H16N2O4S. The number of nitrogens with zero attached hydrogens (tertiary/aromatic N) is 2. The molecule has 1 aromatic carbocycles. The summed E-state index contributed by atoms with van der Waals surface area (Å²) in [5.41, 5.74) is 0.637. The summed E-state index contributed by atoms with van der Waals surface area (Å²) in [6.07, 6.45) is 1.27. The van der Waals surface area contributed by atoms with Gasteiger partial charge in [0.15, 0.2) is 9.84 Å². The lowest BCUT2D eigenvalue weighted by Gasteiger charge is -2.13. The lowest BCUT2D eigenvalue weighted by atomic mass is 10.1. The van der Waals surface area contributed by atoms with E-state index in [1.165, 1.54) is 0 Å². The molecule has 116 valence electrons. The molecule has 0 N–H and O–H groups in total. The smallest absolute Gasteiger partial charge is 0.261 e. The molecule has 1 heterocycles. The van der Waals surface area contributed by atoms with Crippen LogP contribution in [0.1, 0.15) is 40.0 Å². The molecule has 0 unspecified atom stereocenters. The maximum atomic E-state index is 12.1. The number of amides is 2. The van der Waals surface area contributed by atoms with E-state index in [1.54, 1.807) is 24.3 Å². The van der Waals surface area contributed by atoms with Crippen LogP contribution in [0.3, 0.4) is 0 Å². The van der Waals surface area contributed by atoms with Crippen molar-refractivity contribution < 1.29 is 18.0 Å². The molecule has 0 aromatic heterocycles. The van der Waals surface area contributed by atoms with Crippen LogP contribution in [0.2, 0.25) is 0 Å². The molecule has 2 rings (SSSR count). The van der Waals surface area contributed by atoms with E-state index in [1.807, 2.05) is 6.07 Å². The normalized spacial score (nSPS) is 14.0. The van der Waals surface area contributed by atoms with Crippen molar-refractivity contribution in [3.8, 4) is 6.07 Å². The van der Waals surface area contributed by atoms with Crippen LogP contribution in [-0.2, 0) is 9.84 Å².